The van der Waals surface area contributed by atoms with Gasteiger partial charge in [-0.2, -0.15) is 0 Å². The molecule has 0 aromatic rings. The topological polar surface area (TPSA) is 89.9 Å². The van der Waals surface area contributed by atoms with E-state index in [9.17, 15) is 14.7 Å². The van der Waals surface area contributed by atoms with E-state index >= 15 is 0 Å². The molecule has 2 atom stereocenters. The van der Waals surface area contributed by atoms with Gasteiger partial charge in [0.15, 0.2) is 0 Å². The van der Waals surface area contributed by atoms with Crippen LogP contribution in [0.25, 0.3) is 0 Å². The molecule has 2 amide bonds. The van der Waals surface area contributed by atoms with Gasteiger partial charge in [-0.05, 0) is 38.5 Å². The van der Waals surface area contributed by atoms with Gasteiger partial charge in [-0.3, -0.25) is 0 Å². The molecule has 0 radical (unpaired) electrons. The zero-order valence-electron chi connectivity index (χ0n) is 12.6. The van der Waals surface area contributed by atoms with Gasteiger partial charge in [0.2, 0.25) is 0 Å². The lowest BCUT2D eigenvalue weighted by molar-refractivity contribution is -0.139. The summed E-state index contributed by atoms with van der Waals surface area (Å²) in [5, 5.41) is 21.7. The summed E-state index contributed by atoms with van der Waals surface area (Å²) in [5.74, 6) is -0.810. The van der Waals surface area contributed by atoms with Gasteiger partial charge in [0.25, 0.3) is 0 Å². The van der Waals surface area contributed by atoms with Crippen LogP contribution in [0.15, 0.2) is 0 Å². The Morgan fingerprint density at radius 2 is 1.95 bits per heavy atom. The van der Waals surface area contributed by atoms with Crippen molar-refractivity contribution in [1.82, 2.24) is 10.2 Å². The number of urea groups is 1. The minimum Gasteiger partial charge on any atom is -0.480 e. The van der Waals surface area contributed by atoms with E-state index in [1.807, 2.05) is 13.8 Å². The number of carboxylic acids is 1. The second-order valence-corrected chi connectivity index (χ2v) is 6.31. The third-order valence-corrected chi connectivity index (χ3v) is 3.65. The van der Waals surface area contributed by atoms with Crippen LogP contribution in [0.3, 0.4) is 0 Å². The van der Waals surface area contributed by atoms with Crippen molar-refractivity contribution in [2.24, 2.45) is 5.92 Å². The Labute approximate surface area is 120 Å². The predicted molar refractivity (Wildman–Crippen MR) is 75.5 cm³/mol. The Balaban J connectivity index is 2.58. The summed E-state index contributed by atoms with van der Waals surface area (Å²) >= 11 is 0. The first-order chi connectivity index (χ1) is 9.21. The van der Waals surface area contributed by atoms with Crippen LogP contribution in [0.2, 0.25) is 0 Å². The molecule has 1 fully saturated rings. The van der Waals surface area contributed by atoms with E-state index in [1.165, 1.54) is 0 Å². The van der Waals surface area contributed by atoms with Gasteiger partial charge < -0.3 is 20.4 Å². The van der Waals surface area contributed by atoms with Gasteiger partial charge in [0, 0.05) is 13.1 Å². The van der Waals surface area contributed by atoms with Gasteiger partial charge in [0.1, 0.15) is 6.04 Å². The molecule has 1 saturated heterocycles. The normalized spacial score (nSPS) is 25.1. The van der Waals surface area contributed by atoms with Gasteiger partial charge in [-0.25, -0.2) is 9.59 Å². The summed E-state index contributed by atoms with van der Waals surface area (Å²) < 4.78 is 0. The Bertz CT molecular complexity index is 355. The lowest BCUT2D eigenvalue weighted by atomic mass is 9.98. The molecule has 0 spiro atoms. The number of amides is 2. The van der Waals surface area contributed by atoms with Crippen molar-refractivity contribution in [2.75, 3.05) is 13.1 Å². The molecule has 0 saturated carbocycles. The minimum absolute atomic E-state index is 0.196. The zero-order valence-corrected chi connectivity index (χ0v) is 12.6. The summed E-state index contributed by atoms with van der Waals surface area (Å²) in [6, 6.07) is -1.21. The Morgan fingerprint density at radius 1 is 1.30 bits per heavy atom. The van der Waals surface area contributed by atoms with E-state index in [-0.39, 0.29) is 11.9 Å². The monoisotopic (exact) mass is 286 g/mol. The van der Waals surface area contributed by atoms with E-state index in [4.69, 9.17) is 5.11 Å². The molecule has 1 aliphatic rings. The molecule has 6 heteroatoms. The predicted octanol–water partition coefficient (Wildman–Crippen LogP) is 1.43. The maximum Gasteiger partial charge on any atom is 0.326 e. The van der Waals surface area contributed by atoms with E-state index in [0.29, 0.717) is 32.4 Å². The number of carboxylic acid groups (broad SMARTS) is 1. The average molecular weight is 286 g/mol. The number of aliphatic hydroxyl groups is 1. The highest BCUT2D eigenvalue weighted by Crippen LogP contribution is 2.21. The standard InChI is InChI=1S/C14H26N2O4/c1-10(2)9-11(12(17)18)15-13(19)16-7-4-5-14(3,20)6-8-16/h10-11,20H,4-9H2,1-3H3,(H,15,19)(H,17,18)/t11-,14?/m1/s1. The Hall–Kier alpha value is -1.30. The maximum absolute atomic E-state index is 12.1. The highest BCUT2D eigenvalue weighted by molar-refractivity contribution is 5.82. The number of carbonyl (C=O) groups is 2. The van der Waals surface area contributed by atoms with E-state index in [1.54, 1.807) is 11.8 Å². The number of nitrogens with zero attached hydrogens (tertiary/aromatic N) is 1. The molecule has 1 heterocycles. The van der Waals surface area contributed by atoms with Gasteiger partial charge >= 0.3 is 12.0 Å². The molecule has 0 aromatic carbocycles. The van der Waals surface area contributed by atoms with Crippen molar-refractivity contribution in [2.45, 2.75) is 58.1 Å². The van der Waals surface area contributed by atoms with Gasteiger partial charge in [-0.15, -0.1) is 0 Å². The maximum atomic E-state index is 12.1. The van der Waals surface area contributed by atoms with Crippen LogP contribution < -0.4 is 5.32 Å². The summed E-state index contributed by atoms with van der Waals surface area (Å²) in [5.41, 5.74) is -0.737. The molecule has 6 nitrogen and oxygen atoms in total. The zero-order chi connectivity index (χ0) is 15.3. The fourth-order valence-electron chi connectivity index (χ4n) is 2.40. The van der Waals surface area contributed by atoms with Crippen LogP contribution in [-0.2, 0) is 4.79 Å². The van der Waals surface area contributed by atoms with E-state index in [2.05, 4.69) is 5.32 Å². The molecular weight excluding hydrogens is 260 g/mol. The van der Waals surface area contributed by atoms with Crippen LogP contribution in [0.5, 0.6) is 0 Å². The number of carbonyl (C=O) groups excluding carboxylic acids is 1. The summed E-state index contributed by atoms with van der Waals surface area (Å²) in [6.45, 7) is 6.62. The minimum atomic E-state index is -1.01. The Morgan fingerprint density at radius 3 is 2.50 bits per heavy atom. The molecule has 0 aromatic heterocycles. The Kier molecular flexibility index (Phi) is 5.80. The molecule has 116 valence electrons. The largest absolute Gasteiger partial charge is 0.480 e. The summed E-state index contributed by atoms with van der Waals surface area (Å²) in [6.07, 6.45) is 2.31. The van der Waals surface area contributed by atoms with Gasteiger partial charge in [0.05, 0.1) is 5.60 Å². The second-order valence-electron chi connectivity index (χ2n) is 6.31. The van der Waals surface area contributed by atoms with Crippen LogP contribution in [0.4, 0.5) is 4.79 Å². The molecule has 0 aliphatic carbocycles. The van der Waals surface area contributed by atoms with Crippen molar-refractivity contribution in [3.8, 4) is 0 Å². The fourth-order valence-corrected chi connectivity index (χ4v) is 2.40. The third kappa shape index (κ3) is 5.36. The first kappa shape index (κ1) is 16.8. The molecule has 3 N–H and O–H groups in total. The van der Waals surface area contributed by atoms with E-state index < -0.39 is 17.6 Å². The lowest BCUT2D eigenvalue weighted by Gasteiger charge is -2.25. The summed E-state index contributed by atoms with van der Waals surface area (Å²) in [7, 11) is 0. The SMILES string of the molecule is CC(C)C[C@@H](NC(=O)N1CCCC(C)(O)CC1)C(=O)O. The van der Waals surface area contributed by atoms with Crippen molar-refractivity contribution in [3.05, 3.63) is 0 Å². The highest BCUT2D eigenvalue weighted by Gasteiger charge is 2.29. The fraction of sp³-hybridized carbons (Fsp3) is 0.857. The van der Waals surface area contributed by atoms with E-state index in [0.717, 1.165) is 6.42 Å². The van der Waals surface area contributed by atoms with Crippen LogP contribution in [0, 0.1) is 5.92 Å². The molecular formula is C14H26N2O4. The third-order valence-electron chi connectivity index (χ3n) is 3.65. The van der Waals surface area contributed by atoms with Crippen molar-refractivity contribution >= 4 is 12.0 Å². The number of likely N-dealkylation sites (tertiary alicyclic amines) is 1. The quantitative estimate of drug-likeness (QED) is 0.729. The number of nitrogens with one attached hydrogen (secondary N) is 1. The van der Waals surface area contributed by atoms with Crippen LogP contribution in [0.1, 0.15) is 46.5 Å². The summed E-state index contributed by atoms with van der Waals surface area (Å²) in [4.78, 5) is 24.9. The molecule has 1 rings (SSSR count). The molecule has 20 heavy (non-hydrogen) atoms. The van der Waals surface area contributed by atoms with Crippen molar-refractivity contribution in [1.29, 1.82) is 0 Å². The first-order valence-corrected chi connectivity index (χ1v) is 7.22. The van der Waals surface area contributed by atoms with Crippen molar-refractivity contribution in [3.63, 3.8) is 0 Å². The second kappa shape index (κ2) is 6.92. The van der Waals surface area contributed by atoms with Crippen molar-refractivity contribution < 1.29 is 19.8 Å². The highest BCUT2D eigenvalue weighted by atomic mass is 16.4. The van der Waals surface area contributed by atoms with Crippen LogP contribution in [-0.4, -0.2) is 51.8 Å². The van der Waals surface area contributed by atoms with Crippen LogP contribution >= 0.6 is 0 Å². The number of hydrogen-bond donors (Lipinski definition) is 3. The molecule has 1 unspecified atom stereocenters. The lowest BCUT2D eigenvalue weighted by Crippen LogP contribution is -2.48. The number of aliphatic carboxylic acids is 1. The first-order valence-electron chi connectivity index (χ1n) is 7.22. The van der Waals surface area contributed by atoms with Gasteiger partial charge in [-0.1, -0.05) is 13.8 Å². The molecule has 0 bridgehead atoms. The smallest absolute Gasteiger partial charge is 0.326 e. The number of hydrogen-bond acceptors (Lipinski definition) is 3. The molecule has 1 aliphatic heterocycles. The number of rotatable bonds is 4. The average Bonchev–Trinajstić information content (AvgIpc) is 2.48.